The molecular weight excluding hydrogens is 286 g/mol. The molecule has 4 heteroatoms. The molecule has 110 valence electrons. The third-order valence-corrected chi connectivity index (χ3v) is 3.54. The Hall–Kier alpha value is -3.27. The lowest BCUT2D eigenvalue weighted by molar-refractivity contribution is 0.463. The van der Waals surface area contributed by atoms with Crippen molar-refractivity contribution in [3.8, 4) is 22.8 Å². The first kappa shape index (κ1) is 13.4. The maximum atomic E-state index is 5.71. The molecule has 2 aromatic heterocycles. The van der Waals surface area contributed by atoms with Gasteiger partial charge in [-0.15, -0.1) is 0 Å². The average molecular weight is 299 g/mol. The number of hydrogen-bond donors (Lipinski definition) is 0. The highest BCUT2D eigenvalue weighted by atomic mass is 16.5. The van der Waals surface area contributed by atoms with Crippen molar-refractivity contribution in [1.82, 2.24) is 15.0 Å². The molecule has 0 spiro atoms. The average Bonchev–Trinajstić information content (AvgIpc) is 2.63. The van der Waals surface area contributed by atoms with Crippen LogP contribution in [-0.2, 0) is 0 Å². The van der Waals surface area contributed by atoms with E-state index in [4.69, 9.17) is 4.74 Å². The largest absolute Gasteiger partial charge is 0.439 e. The van der Waals surface area contributed by atoms with Gasteiger partial charge in [0, 0.05) is 29.4 Å². The van der Waals surface area contributed by atoms with Crippen LogP contribution in [-0.4, -0.2) is 15.0 Å². The maximum absolute atomic E-state index is 5.71. The number of pyridine rings is 1. The van der Waals surface area contributed by atoms with Crippen LogP contribution in [0.15, 0.2) is 79.4 Å². The molecule has 0 saturated carbocycles. The van der Waals surface area contributed by atoms with E-state index in [0.29, 0.717) is 5.88 Å². The number of para-hydroxylation sites is 1. The Kier molecular flexibility index (Phi) is 3.41. The molecule has 0 radical (unpaired) electrons. The molecule has 0 amide bonds. The van der Waals surface area contributed by atoms with Crippen molar-refractivity contribution in [2.24, 2.45) is 0 Å². The van der Waals surface area contributed by atoms with Crippen molar-refractivity contribution in [2.45, 2.75) is 0 Å². The Labute approximate surface area is 133 Å². The van der Waals surface area contributed by atoms with Crippen molar-refractivity contribution in [3.63, 3.8) is 0 Å². The number of aromatic nitrogens is 3. The molecule has 0 N–H and O–H groups in total. The number of ether oxygens (including phenoxy) is 1. The third-order valence-electron chi connectivity index (χ3n) is 3.54. The van der Waals surface area contributed by atoms with E-state index in [2.05, 4.69) is 21.0 Å². The summed E-state index contributed by atoms with van der Waals surface area (Å²) < 4.78 is 5.71. The summed E-state index contributed by atoms with van der Waals surface area (Å²) in [6.45, 7) is 0. The van der Waals surface area contributed by atoms with Crippen LogP contribution in [0.2, 0.25) is 0 Å². The van der Waals surface area contributed by atoms with Crippen LogP contribution in [0, 0.1) is 0 Å². The van der Waals surface area contributed by atoms with Crippen LogP contribution >= 0.6 is 0 Å². The van der Waals surface area contributed by atoms with Crippen LogP contribution in [0.5, 0.6) is 11.6 Å². The number of fused-ring (bicyclic) bond motifs is 1. The van der Waals surface area contributed by atoms with E-state index in [1.54, 1.807) is 6.33 Å². The monoisotopic (exact) mass is 299 g/mol. The molecule has 2 aromatic carbocycles. The van der Waals surface area contributed by atoms with Gasteiger partial charge >= 0.3 is 0 Å². The number of hydrogen-bond acceptors (Lipinski definition) is 4. The first-order chi connectivity index (χ1) is 11.4. The quantitative estimate of drug-likeness (QED) is 0.559. The minimum absolute atomic E-state index is 0.573. The Balaban J connectivity index is 1.61. The summed E-state index contributed by atoms with van der Waals surface area (Å²) in [6.07, 6.45) is 5.18. The van der Waals surface area contributed by atoms with Gasteiger partial charge in [-0.05, 0) is 35.9 Å². The van der Waals surface area contributed by atoms with E-state index in [1.165, 1.54) is 0 Å². The lowest BCUT2D eigenvalue weighted by atomic mass is 10.1. The van der Waals surface area contributed by atoms with E-state index in [-0.39, 0.29) is 0 Å². The zero-order valence-electron chi connectivity index (χ0n) is 12.3. The molecule has 0 unspecified atom stereocenters. The van der Waals surface area contributed by atoms with E-state index >= 15 is 0 Å². The molecule has 0 aliphatic rings. The second-order valence-electron chi connectivity index (χ2n) is 5.10. The fraction of sp³-hybridized carbons (Fsp3) is 0. The minimum atomic E-state index is 0.573. The van der Waals surface area contributed by atoms with Gasteiger partial charge in [0.25, 0.3) is 0 Å². The minimum Gasteiger partial charge on any atom is -0.439 e. The Bertz CT molecular complexity index is 937. The highest BCUT2D eigenvalue weighted by Gasteiger charge is 2.03. The van der Waals surface area contributed by atoms with Crippen LogP contribution in [0.4, 0.5) is 0 Å². The smallest absolute Gasteiger partial charge is 0.219 e. The Morgan fingerprint density at radius 3 is 2.43 bits per heavy atom. The summed E-state index contributed by atoms with van der Waals surface area (Å²) in [7, 11) is 0. The van der Waals surface area contributed by atoms with Gasteiger partial charge < -0.3 is 4.74 Å². The van der Waals surface area contributed by atoms with Gasteiger partial charge in [-0.2, -0.15) is 0 Å². The summed E-state index contributed by atoms with van der Waals surface area (Å²) in [6, 6.07) is 19.6. The van der Waals surface area contributed by atoms with Crippen LogP contribution in [0.25, 0.3) is 22.0 Å². The van der Waals surface area contributed by atoms with Crippen molar-refractivity contribution >= 4 is 10.9 Å². The zero-order chi connectivity index (χ0) is 15.5. The second kappa shape index (κ2) is 5.85. The van der Waals surface area contributed by atoms with Gasteiger partial charge in [-0.25, -0.2) is 15.0 Å². The molecule has 0 saturated heterocycles. The standard InChI is InChI=1S/C19H13N3O/c1-2-4-17(5-3-1)23-19-9-7-15(12-21-19)14-6-8-18-16(10-14)11-20-13-22-18/h1-13H. The van der Waals surface area contributed by atoms with Gasteiger partial charge in [0.05, 0.1) is 5.52 Å². The van der Waals surface area contributed by atoms with E-state index in [1.807, 2.05) is 67.0 Å². The van der Waals surface area contributed by atoms with Crippen LogP contribution < -0.4 is 4.74 Å². The number of rotatable bonds is 3. The molecule has 0 aliphatic heterocycles. The fourth-order valence-corrected chi connectivity index (χ4v) is 2.38. The summed E-state index contributed by atoms with van der Waals surface area (Å²) in [5, 5.41) is 1.01. The van der Waals surface area contributed by atoms with Gasteiger partial charge in [0.15, 0.2) is 0 Å². The van der Waals surface area contributed by atoms with Crippen molar-refractivity contribution in [3.05, 3.63) is 79.4 Å². The van der Waals surface area contributed by atoms with Gasteiger partial charge in [-0.3, -0.25) is 0 Å². The summed E-state index contributed by atoms with van der Waals surface area (Å²) in [5.74, 6) is 1.35. The van der Waals surface area contributed by atoms with Crippen molar-refractivity contribution in [2.75, 3.05) is 0 Å². The first-order valence-electron chi connectivity index (χ1n) is 7.28. The summed E-state index contributed by atoms with van der Waals surface area (Å²) in [4.78, 5) is 12.7. The van der Waals surface area contributed by atoms with Crippen molar-refractivity contribution < 1.29 is 4.74 Å². The topological polar surface area (TPSA) is 47.9 Å². The summed E-state index contributed by atoms with van der Waals surface area (Å²) in [5.41, 5.74) is 3.03. The van der Waals surface area contributed by atoms with Gasteiger partial charge in [0.2, 0.25) is 5.88 Å². The molecular formula is C19H13N3O. The molecule has 0 bridgehead atoms. The summed E-state index contributed by atoms with van der Waals surface area (Å²) >= 11 is 0. The number of nitrogens with zero attached hydrogens (tertiary/aromatic N) is 3. The zero-order valence-corrected chi connectivity index (χ0v) is 12.3. The second-order valence-corrected chi connectivity index (χ2v) is 5.10. The van der Waals surface area contributed by atoms with Crippen LogP contribution in [0.3, 0.4) is 0 Å². The highest BCUT2D eigenvalue weighted by molar-refractivity contribution is 5.83. The third kappa shape index (κ3) is 2.87. The van der Waals surface area contributed by atoms with Gasteiger partial charge in [0.1, 0.15) is 12.1 Å². The predicted molar refractivity (Wildman–Crippen MR) is 89.3 cm³/mol. The molecule has 2 heterocycles. The Morgan fingerprint density at radius 2 is 1.61 bits per heavy atom. The fourth-order valence-electron chi connectivity index (χ4n) is 2.38. The maximum Gasteiger partial charge on any atom is 0.219 e. The molecule has 0 atom stereocenters. The van der Waals surface area contributed by atoms with Crippen LogP contribution in [0.1, 0.15) is 0 Å². The molecule has 0 aliphatic carbocycles. The van der Waals surface area contributed by atoms with E-state index in [0.717, 1.165) is 27.8 Å². The molecule has 4 aromatic rings. The molecule has 4 nitrogen and oxygen atoms in total. The van der Waals surface area contributed by atoms with E-state index in [9.17, 15) is 0 Å². The van der Waals surface area contributed by atoms with Crippen molar-refractivity contribution in [1.29, 1.82) is 0 Å². The predicted octanol–water partition coefficient (Wildman–Crippen LogP) is 4.48. The highest BCUT2D eigenvalue weighted by Crippen LogP contribution is 2.25. The van der Waals surface area contributed by atoms with Gasteiger partial charge in [-0.1, -0.05) is 24.3 Å². The number of benzene rings is 2. The lowest BCUT2D eigenvalue weighted by Gasteiger charge is -2.06. The molecule has 23 heavy (non-hydrogen) atoms. The normalized spacial score (nSPS) is 10.6. The molecule has 4 rings (SSSR count). The Morgan fingerprint density at radius 1 is 0.739 bits per heavy atom. The van der Waals surface area contributed by atoms with E-state index < -0.39 is 0 Å². The lowest BCUT2D eigenvalue weighted by Crippen LogP contribution is -1.88. The SMILES string of the molecule is c1ccc(Oc2ccc(-c3ccc4ncncc4c3)cn2)cc1. The molecule has 0 fully saturated rings. The first-order valence-corrected chi connectivity index (χ1v) is 7.28.